The van der Waals surface area contributed by atoms with Crippen molar-refractivity contribution in [2.45, 2.75) is 45.8 Å². The Kier molecular flexibility index (Phi) is 3.31. The summed E-state index contributed by atoms with van der Waals surface area (Å²) in [5.74, 6) is 0.406. The molecule has 0 bridgehead atoms. The van der Waals surface area contributed by atoms with Crippen molar-refractivity contribution >= 4 is 5.97 Å². The van der Waals surface area contributed by atoms with Crippen LogP contribution >= 0.6 is 0 Å². The Morgan fingerprint density at radius 1 is 1.62 bits per heavy atom. The Morgan fingerprint density at radius 3 is 2.62 bits per heavy atom. The topological polar surface area (TPSA) is 46.5 Å². The van der Waals surface area contributed by atoms with Gasteiger partial charge in [-0.05, 0) is 12.3 Å². The van der Waals surface area contributed by atoms with E-state index in [2.05, 4.69) is 0 Å². The minimum Gasteiger partial charge on any atom is -0.459 e. The van der Waals surface area contributed by atoms with Crippen LogP contribution in [0, 0.1) is 11.8 Å². The number of cyclic esters (lactones) is 1. The van der Waals surface area contributed by atoms with Crippen molar-refractivity contribution in [1.82, 2.24) is 0 Å². The number of aliphatic hydroxyl groups is 1. The maximum absolute atomic E-state index is 10.9. The van der Waals surface area contributed by atoms with Gasteiger partial charge in [0.25, 0.3) is 0 Å². The second kappa shape index (κ2) is 4.09. The molecule has 13 heavy (non-hydrogen) atoms. The summed E-state index contributed by atoms with van der Waals surface area (Å²) in [5, 5.41) is 9.73. The fourth-order valence-corrected chi connectivity index (χ4v) is 1.77. The third-order valence-corrected chi connectivity index (χ3v) is 2.41. The minimum absolute atomic E-state index is 0.154. The van der Waals surface area contributed by atoms with Gasteiger partial charge in [0.2, 0.25) is 0 Å². The number of esters is 1. The summed E-state index contributed by atoms with van der Waals surface area (Å²) in [6, 6.07) is 0. The summed E-state index contributed by atoms with van der Waals surface area (Å²) in [5.41, 5.74) is 0. The summed E-state index contributed by atoms with van der Waals surface area (Å²) in [7, 11) is 0. The molecular weight excluding hydrogens is 168 g/mol. The molecule has 3 heteroatoms. The van der Waals surface area contributed by atoms with E-state index in [1.807, 2.05) is 20.8 Å². The fraction of sp³-hybridized carbons (Fsp3) is 0.900. The third-order valence-electron chi connectivity index (χ3n) is 2.41. The second-order valence-corrected chi connectivity index (χ2v) is 4.33. The molecule has 0 aromatic rings. The fourth-order valence-electron chi connectivity index (χ4n) is 1.77. The quantitative estimate of drug-likeness (QED) is 0.677. The zero-order chi connectivity index (χ0) is 10.0. The zero-order valence-electron chi connectivity index (χ0n) is 8.49. The number of aliphatic hydroxyl groups excluding tert-OH is 1. The molecule has 1 saturated heterocycles. The van der Waals surface area contributed by atoms with Crippen LogP contribution in [0.15, 0.2) is 0 Å². The van der Waals surface area contributed by atoms with Gasteiger partial charge >= 0.3 is 5.97 Å². The van der Waals surface area contributed by atoms with Gasteiger partial charge in [-0.25, -0.2) is 0 Å². The van der Waals surface area contributed by atoms with Gasteiger partial charge in [-0.15, -0.1) is 0 Å². The summed E-state index contributed by atoms with van der Waals surface area (Å²) in [6.07, 6.45) is 0.360. The summed E-state index contributed by atoms with van der Waals surface area (Å²) in [6.45, 7) is 6.04. The van der Waals surface area contributed by atoms with Crippen LogP contribution in [-0.4, -0.2) is 23.3 Å². The van der Waals surface area contributed by atoms with E-state index in [-0.39, 0.29) is 18.0 Å². The highest BCUT2D eigenvalue weighted by Crippen LogP contribution is 2.26. The first-order chi connectivity index (χ1) is 6.00. The Balaban J connectivity index is 2.47. The van der Waals surface area contributed by atoms with Gasteiger partial charge in [0, 0.05) is 5.92 Å². The molecule has 0 saturated carbocycles. The van der Waals surface area contributed by atoms with Crippen LogP contribution in [0.5, 0.6) is 0 Å². The number of rotatable bonds is 3. The molecule has 0 aromatic carbocycles. The molecule has 1 rings (SSSR count). The molecule has 1 aliphatic heterocycles. The van der Waals surface area contributed by atoms with Gasteiger partial charge in [0.1, 0.15) is 6.10 Å². The van der Waals surface area contributed by atoms with Crippen molar-refractivity contribution in [3.8, 4) is 0 Å². The lowest BCUT2D eigenvalue weighted by atomic mass is 9.94. The molecule has 0 aromatic heterocycles. The van der Waals surface area contributed by atoms with Crippen molar-refractivity contribution in [2.24, 2.45) is 11.8 Å². The second-order valence-electron chi connectivity index (χ2n) is 4.33. The van der Waals surface area contributed by atoms with E-state index in [1.165, 1.54) is 0 Å². The van der Waals surface area contributed by atoms with Crippen LogP contribution in [0.4, 0.5) is 0 Å². The number of carbonyl (C=O) groups is 1. The molecule has 1 N–H and O–H groups in total. The molecule has 0 radical (unpaired) electrons. The lowest BCUT2D eigenvalue weighted by molar-refractivity contribution is -0.146. The lowest BCUT2D eigenvalue weighted by Gasteiger charge is -2.21. The summed E-state index contributed by atoms with van der Waals surface area (Å²) < 4.78 is 5.05. The van der Waals surface area contributed by atoms with E-state index < -0.39 is 6.10 Å². The highest BCUT2D eigenvalue weighted by molar-refractivity contribution is 5.72. The molecule has 1 unspecified atom stereocenters. The maximum atomic E-state index is 10.9. The monoisotopic (exact) mass is 186 g/mol. The van der Waals surface area contributed by atoms with E-state index >= 15 is 0 Å². The normalized spacial score (nSPS) is 30.7. The molecule has 1 heterocycles. The first kappa shape index (κ1) is 10.5. The van der Waals surface area contributed by atoms with Gasteiger partial charge in [-0.3, -0.25) is 4.79 Å². The minimum atomic E-state index is -0.499. The highest BCUT2D eigenvalue weighted by atomic mass is 16.6. The zero-order valence-corrected chi connectivity index (χ0v) is 8.49. The number of ether oxygens (including phenoxy) is 1. The van der Waals surface area contributed by atoms with Crippen LogP contribution in [0.3, 0.4) is 0 Å². The largest absolute Gasteiger partial charge is 0.459 e. The molecular formula is C10H18O3. The van der Waals surface area contributed by atoms with Gasteiger partial charge in [0.15, 0.2) is 0 Å². The van der Waals surface area contributed by atoms with E-state index in [9.17, 15) is 9.90 Å². The van der Waals surface area contributed by atoms with Crippen molar-refractivity contribution in [1.29, 1.82) is 0 Å². The predicted octanol–water partition coefficient (Wildman–Crippen LogP) is 1.34. The van der Waals surface area contributed by atoms with Gasteiger partial charge < -0.3 is 9.84 Å². The number of carbonyl (C=O) groups excluding carboxylic acids is 1. The molecule has 1 fully saturated rings. The van der Waals surface area contributed by atoms with Crippen LogP contribution in [0.2, 0.25) is 0 Å². The highest BCUT2D eigenvalue weighted by Gasteiger charge is 2.36. The summed E-state index contributed by atoms with van der Waals surface area (Å²) in [4.78, 5) is 10.9. The van der Waals surface area contributed by atoms with Crippen molar-refractivity contribution < 1.29 is 14.6 Å². The Hall–Kier alpha value is -0.570. The van der Waals surface area contributed by atoms with Crippen LogP contribution in [0.25, 0.3) is 0 Å². The maximum Gasteiger partial charge on any atom is 0.306 e. The molecule has 0 amide bonds. The molecule has 0 aliphatic carbocycles. The smallest absolute Gasteiger partial charge is 0.306 e. The number of hydrogen-bond donors (Lipinski definition) is 1. The van der Waals surface area contributed by atoms with Gasteiger partial charge in [-0.2, -0.15) is 0 Å². The molecule has 3 nitrogen and oxygen atoms in total. The molecule has 76 valence electrons. The Labute approximate surface area is 79.1 Å². The van der Waals surface area contributed by atoms with Crippen LogP contribution < -0.4 is 0 Å². The predicted molar refractivity (Wildman–Crippen MR) is 49.1 cm³/mol. The van der Waals surface area contributed by atoms with Crippen molar-refractivity contribution in [2.75, 3.05) is 0 Å². The van der Waals surface area contributed by atoms with Crippen molar-refractivity contribution in [3.63, 3.8) is 0 Å². The first-order valence-corrected chi connectivity index (χ1v) is 4.88. The first-order valence-electron chi connectivity index (χ1n) is 4.88. The standard InChI is InChI=1S/C10H18O3/c1-6(2)4-8(11)10-7(3)5-9(12)13-10/h6-8,10-11H,4-5H2,1-3H3/t7-,8?,10-/m1/s1. The SMILES string of the molecule is CC(C)CC(O)[C@@H]1OC(=O)C[C@H]1C. The van der Waals surface area contributed by atoms with Gasteiger partial charge in [-0.1, -0.05) is 20.8 Å². The lowest BCUT2D eigenvalue weighted by Crippen LogP contribution is -2.31. The summed E-state index contributed by atoms with van der Waals surface area (Å²) >= 11 is 0. The Bertz CT molecular complexity index is 189. The van der Waals surface area contributed by atoms with E-state index in [1.54, 1.807) is 0 Å². The van der Waals surface area contributed by atoms with E-state index in [4.69, 9.17) is 4.74 Å². The van der Waals surface area contributed by atoms with Gasteiger partial charge in [0.05, 0.1) is 12.5 Å². The van der Waals surface area contributed by atoms with E-state index in [0.29, 0.717) is 18.8 Å². The average molecular weight is 186 g/mol. The van der Waals surface area contributed by atoms with Crippen LogP contribution in [0.1, 0.15) is 33.6 Å². The average Bonchev–Trinajstić information content (AvgIpc) is 2.28. The molecule has 3 atom stereocenters. The van der Waals surface area contributed by atoms with Crippen molar-refractivity contribution in [3.05, 3.63) is 0 Å². The number of hydrogen-bond acceptors (Lipinski definition) is 3. The molecule has 0 spiro atoms. The Morgan fingerprint density at radius 2 is 2.23 bits per heavy atom. The third kappa shape index (κ3) is 2.69. The molecule has 1 aliphatic rings. The van der Waals surface area contributed by atoms with Crippen LogP contribution in [-0.2, 0) is 9.53 Å². The van der Waals surface area contributed by atoms with E-state index in [0.717, 1.165) is 0 Å².